The lowest BCUT2D eigenvalue weighted by Crippen LogP contribution is -2.24. The van der Waals surface area contributed by atoms with Gasteiger partial charge < -0.3 is 25.1 Å². The van der Waals surface area contributed by atoms with Crippen molar-refractivity contribution in [2.24, 2.45) is 14.1 Å². The molecule has 41 heavy (non-hydrogen) atoms. The SMILES string of the molecule is Cn1c(C(=O)Cc2cccc(-c3cccc(NC(=O)c4nc5c(n4C)CCNC5)c3Cl)c2C#N)nc2c1CCNC2. The van der Waals surface area contributed by atoms with Crippen molar-refractivity contribution < 1.29 is 9.59 Å². The molecule has 3 N–H and O–H groups in total. The van der Waals surface area contributed by atoms with E-state index in [0.29, 0.717) is 57.7 Å². The lowest BCUT2D eigenvalue weighted by molar-refractivity contribution is 0.0977. The molecule has 6 rings (SSSR count). The van der Waals surface area contributed by atoms with E-state index in [9.17, 15) is 14.9 Å². The molecule has 0 saturated heterocycles. The first-order valence-electron chi connectivity index (χ1n) is 13.5. The van der Waals surface area contributed by atoms with Crippen LogP contribution in [-0.4, -0.2) is 43.9 Å². The molecule has 0 unspecified atom stereocenters. The van der Waals surface area contributed by atoms with E-state index >= 15 is 0 Å². The average Bonchev–Trinajstić information content (AvgIpc) is 3.51. The second-order valence-corrected chi connectivity index (χ2v) is 10.7. The van der Waals surface area contributed by atoms with E-state index in [1.54, 1.807) is 36.4 Å². The van der Waals surface area contributed by atoms with Crippen molar-refractivity contribution in [3.63, 3.8) is 0 Å². The highest BCUT2D eigenvalue weighted by atomic mass is 35.5. The zero-order chi connectivity index (χ0) is 28.7. The minimum Gasteiger partial charge on any atom is -0.328 e. The summed E-state index contributed by atoms with van der Waals surface area (Å²) in [6, 6.07) is 12.9. The Labute approximate surface area is 242 Å². The summed E-state index contributed by atoms with van der Waals surface area (Å²) in [5.74, 6) is 0.178. The van der Waals surface area contributed by atoms with Crippen molar-refractivity contribution in [1.82, 2.24) is 29.7 Å². The topological polar surface area (TPSA) is 130 Å². The number of ketones is 1. The van der Waals surface area contributed by atoms with Crippen molar-refractivity contribution >= 4 is 29.0 Å². The number of halogens is 1. The summed E-state index contributed by atoms with van der Waals surface area (Å²) in [5, 5.41) is 19.9. The van der Waals surface area contributed by atoms with E-state index in [0.717, 1.165) is 48.7 Å². The Kier molecular flexibility index (Phi) is 7.17. The maximum atomic E-state index is 13.3. The summed E-state index contributed by atoms with van der Waals surface area (Å²) in [6.45, 7) is 2.96. The highest BCUT2D eigenvalue weighted by Crippen LogP contribution is 2.37. The fourth-order valence-electron chi connectivity index (χ4n) is 5.74. The Balaban J connectivity index is 1.29. The first-order valence-corrected chi connectivity index (χ1v) is 13.9. The third kappa shape index (κ3) is 4.82. The largest absolute Gasteiger partial charge is 0.328 e. The van der Waals surface area contributed by atoms with Gasteiger partial charge in [0.15, 0.2) is 11.6 Å². The number of aromatic nitrogens is 4. The van der Waals surface area contributed by atoms with Crippen LogP contribution in [0.3, 0.4) is 0 Å². The van der Waals surface area contributed by atoms with Gasteiger partial charge in [-0.15, -0.1) is 0 Å². The minimum absolute atomic E-state index is 0.0284. The Morgan fingerprint density at radius 2 is 1.56 bits per heavy atom. The van der Waals surface area contributed by atoms with Crippen LogP contribution in [0.1, 0.15) is 55.1 Å². The van der Waals surface area contributed by atoms with Gasteiger partial charge in [0, 0.05) is 82.1 Å². The lowest BCUT2D eigenvalue weighted by Gasteiger charge is -2.14. The van der Waals surface area contributed by atoms with Gasteiger partial charge in [0.25, 0.3) is 5.91 Å². The van der Waals surface area contributed by atoms with E-state index in [4.69, 9.17) is 11.6 Å². The number of hydrogen-bond acceptors (Lipinski definition) is 7. The number of imidazole rings is 2. The lowest BCUT2D eigenvalue weighted by atomic mass is 9.93. The number of nitrogens with one attached hydrogen (secondary N) is 3. The molecule has 0 bridgehead atoms. The zero-order valence-electron chi connectivity index (χ0n) is 22.8. The van der Waals surface area contributed by atoms with Crippen LogP contribution in [0.4, 0.5) is 5.69 Å². The molecule has 2 aliphatic rings. The number of carbonyl (C=O) groups excluding carboxylic acids is 2. The molecular weight excluding hydrogens is 540 g/mol. The second kappa shape index (κ2) is 10.9. The van der Waals surface area contributed by atoms with Gasteiger partial charge in [0.1, 0.15) is 6.07 Å². The number of carbonyl (C=O) groups is 2. The van der Waals surface area contributed by atoms with Gasteiger partial charge in [-0.25, -0.2) is 9.97 Å². The van der Waals surface area contributed by atoms with Crippen molar-refractivity contribution in [3.05, 3.63) is 87.0 Å². The molecular formula is C30H29ClN8O2. The highest BCUT2D eigenvalue weighted by molar-refractivity contribution is 6.36. The molecule has 0 fully saturated rings. The Hall–Kier alpha value is -4.30. The summed E-state index contributed by atoms with van der Waals surface area (Å²) in [7, 11) is 3.70. The first-order chi connectivity index (χ1) is 19.9. The van der Waals surface area contributed by atoms with Gasteiger partial charge in [-0.05, 0) is 11.6 Å². The van der Waals surface area contributed by atoms with E-state index in [-0.39, 0.29) is 18.1 Å². The molecule has 0 aliphatic carbocycles. The van der Waals surface area contributed by atoms with Crippen molar-refractivity contribution in [2.45, 2.75) is 32.4 Å². The van der Waals surface area contributed by atoms with Crippen LogP contribution in [-0.2, 0) is 46.4 Å². The van der Waals surface area contributed by atoms with Gasteiger partial charge in [0.05, 0.1) is 27.7 Å². The average molecular weight is 569 g/mol. The van der Waals surface area contributed by atoms with Crippen LogP contribution in [0, 0.1) is 11.3 Å². The van der Waals surface area contributed by atoms with Crippen molar-refractivity contribution in [2.75, 3.05) is 18.4 Å². The summed E-state index contributed by atoms with van der Waals surface area (Å²) in [5.41, 5.74) is 6.39. The molecule has 208 valence electrons. The number of rotatable bonds is 6. The van der Waals surface area contributed by atoms with Gasteiger partial charge >= 0.3 is 0 Å². The quantitative estimate of drug-likeness (QED) is 0.304. The fraction of sp³-hybridized carbons (Fsp3) is 0.300. The number of nitriles is 1. The summed E-state index contributed by atoms with van der Waals surface area (Å²) < 4.78 is 3.69. The van der Waals surface area contributed by atoms with E-state index < -0.39 is 0 Å². The number of hydrogen-bond donors (Lipinski definition) is 3. The van der Waals surface area contributed by atoms with Crippen LogP contribution in [0.5, 0.6) is 0 Å². The number of anilines is 1. The maximum Gasteiger partial charge on any atom is 0.291 e. The smallest absolute Gasteiger partial charge is 0.291 e. The summed E-state index contributed by atoms with van der Waals surface area (Å²) in [6.07, 6.45) is 1.65. The van der Waals surface area contributed by atoms with Crippen molar-refractivity contribution in [1.29, 1.82) is 5.26 Å². The predicted molar refractivity (Wildman–Crippen MR) is 155 cm³/mol. The fourth-order valence-corrected chi connectivity index (χ4v) is 6.01. The van der Waals surface area contributed by atoms with Crippen LogP contribution in [0.25, 0.3) is 11.1 Å². The van der Waals surface area contributed by atoms with E-state index in [1.165, 1.54) is 0 Å². The van der Waals surface area contributed by atoms with Gasteiger partial charge in [-0.1, -0.05) is 41.9 Å². The highest BCUT2D eigenvalue weighted by Gasteiger charge is 2.25. The number of Topliss-reactive ketones (excluding diaryl/α,β-unsaturated/α-hetero) is 1. The minimum atomic E-state index is -0.367. The van der Waals surface area contributed by atoms with Crippen molar-refractivity contribution in [3.8, 4) is 17.2 Å². The maximum absolute atomic E-state index is 13.3. The molecule has 0 atom stereocenters. The molecule has 4 heterocycles. The molecule has 2 aliphatic heterocycles. The van der Waals surface area contributed by atoms with E-state index in [2.05, 4.69) is 32.0 Å². The molecule has 1 amide bonds. The normalized spacial score (nSPS) is 14.2. The third-order valence-electron chi connectivity index (χ3n) is 7.86. The third-order valence-corrected chi connectivity index (χ3v) is 8.27. The van der Waals surface area contributed by atoms with Crippen LogP contribution < -0.4 is 16.0 Å². The molecule has 10 nitrogen and oxygen atoms in total. The predicted octanol–water partition coefficient (Wildman–Crippen LogP) is 3.31. The Bertz CT molecular complexity index is 1750. The number of benzene rings is 2. The van der Waals surface area contributed by atoms with Crippen LogP contribution in [0.2, 0.25) is 5.02 Å². The van der Waals surface area contributed by atoms with E-state index in [1.807, 2.05) is 23.2 Å². The molecule has 0 radical (unpaired) electrons. The summed E-state index contributed by atoms with van der Waals surface area (Å²) >= 11 is 6.83. The van der Waals surface area contributed by atoms with Gasteiger partial charge in [0.2, 0.25) is 5.78 Å². The second-order valence-electron chi connectivity index (χ2n) is 10.3. The molecule has 2 aromatic carbocycles. The monoisotopic (exact) mass is 568 g/mol. The van der Waals surface area contributed by atoms with Crippen LogP contribution in [0.15, 0.2) is 36.4 Å². The Morgan fingerprint density at radius 3 is 2.22 bits per heavy atom. The molecule has 2 aromatic heterocycles. The molecule has 11 heteroatoms. The number of nitrogens with zero attached hydrogens (tertiary/aromatic N) is 5. The Morgan fingerprint density at radius 1 is 0.951 bits per heavy atom. The first kappa shape index (κ1) is 26.9. The van der Waals surface area contributed by atoms with Crippen LogP contribution >= 0.6 is 11.6 Å². The standard InChI is InChI=1S/C30H29ClN8O2/c1-38-24-9-11-33-15-22(24)35-28(38)26(40)13-17-5-3-6-18(20(17)14-32)19-7-4-8-21(27(19)31)37-30(41)29-36-23-16-34-12-10-25(23)39(29)2/h3-8,33-34H,9-13,15-16H2,1-2H3,(H,37,41). The number of amides is 1. The molecule has 4 aromatic rings. The van der Waals surface area contributed by atoms with Gasteiger partial charge in [-0.2, -0.15) is 5.26 Å². The number of fused-ring (bicyclic) bond motifs is 2. The zero-order valence-corrected chi connectivity index (χ0v) is 23.6. The van der Waals surface area contributed by atoms with Gasteiger partial charge in [-0.3, -0.25) is 9.59 Å². The summed E-state index contributed by atoms with van der Waals surface area (Å²) in [4.78, 5) is 35.7. The molecule has 0 spiro atoms. The molecule has 0 saturated carbocycles.